The van der Waals surface area contributed by atoms with E-state index < -0.39 is 0 Å². The fourth-order valence-corrected chi connectivity index (χ4v) is 1.22. The minimum absolute atomic E-state index is 0.614. The average molecular weight is 154 g/mol. The maximum Gasteiger partial charge on any atom is 0.223 e. The van der Waals surface area contributed by atoms with E-state index in [4.69, 9.17) is 13.1 Å². The Hall–Kier alpha value is -0.670. The second-order valence-electron chi connectivity index (χ2n) is 1.73. The van der Waals surface area contributed by atoms with Gasteiger partial charge in [0.15, 0.2) is 0 Å². The van der Waals surface area contributed by atoms with Gasteiger partial charge in [0.05, 0.1) is 5.75 Å². The number of hydrogen-bond acceptors (Lipinski definition) is 1. The molecule has 3 heteroatoms. The maximum atomic E-state index is 6.49. The molecule has 0 bridgehead atoms. The molecule has 0 amide bonds. The third-order valence-electron chi connectivity index (χ3n) is 0.906. The summed E-state index contributed by atoms with van der Waals surface area (Å²) in [4.78, 5) is 6.45. The first-order valence-corrected chi connectivity index (χ1v) is 4.31. The van der Waals surface area contributed by atoms with Crippen molar-refractivity contribution < 1.29 is 0 Å². The molecule has 10 heavy (non-hydrogen) atoms. The SMILES string of the molecule is [C-]#[N+]CCCSCC[N+]#[C-]. The molecule has 0 saturated carbocycles. The fourth-order valence-electron chi connectivity index (χ4n) is 0.458. The second kappa shape index (κ2) is 8.33. The molecule has 0 aliphatic rings. The number of thioether (sulfide) groups is 1. The predicted molar refractivity (Wildman–Crippen MR) is 44.9 cm³/mol. The zero-order valence-electron chi connectivity index (χ0n) is 5.84. The van der Waals surface area contributed by atoms with Gasteiger partial charge in [0.25, 0.3) is 0 Å². The Kier molecular flexibility index (Phi) is 7.77. The molecule has 0 radical (unpaired) electrons. The van der Waals surface area contributed by atoms with Gasteiger partial charge in [-0.05, 0) is 0 Å². The molecule has 0 aliphatic heterocycles. The minimum Gasteiger partial charge on any atom is -0.317 e. The van der Waals surface area contributed by atoms with Crippen LogP contribution in [0.15, 0.2) is 0 Å². The summed E-state index contributed by atoms with van der Waals surface area (Å²) in [7, 11) is 0. The second-order valence-corrected chi connectivity index (χ2v) is 2.95. The monoisotopic (exact) mass is 154 g/mol. The Labute approximate surface area is 66.3 Å². The summed E-state index contributed by atoms with van der Waals surface area (Å²) in [5.74, 6) is 1.94. The van der Waals surface area contributed by atoms with Crippen molar-refractivity contribution in [2.75, 3.05) is 24.6 Å². The molecule has 0 rings (SSSR count). The summed E-state index contributed by atoms with van der Waals surface area (Å²) < 4.78 is 0. The number of rotatable bonds is 5. The highest BCUT2D eigenvalue weighted by atomic mass is 32.2. The van der Waals surface area contributed by atoms with E-state index in [2.05, 4.69) is 9.69 Å². The highest BCUT2D eigenvalue weighted by Crippen LogP contribution is 2.01. The van der Waals surface area contributed by atoms with Gasteiger partial charge in [-0.25, -0.2) is 13.1 Å². The van der Waals surface area contributed by atoms with Crippen LogP contribution in [0.1, 0.15) is 6.42 Å². The molecule has 54 valence electrons. The standard InChI is InChI=1S/C7H10N2S/c1-8-4-3-6-10-7-5-9-2/h3-7H2. The summed E-state index contributed by atoms with van der Waals surface area (Å²) in [5.41, 5.74) is 0. The Morgan fingerprint density at radius 1 is 1.00 bits per heavy atom. The zero-order valence-corrected chi connectivity index (χ0v) is 6.65. The minimum atomic E-state index is 0.614. The van der Waals surface area contributed by atoms with Gasteiger partial charge in [-0.2, -0.15) is 11.8 Å². The molecule has 0 aromatic rings. The van der Waals surface area contributed by atoms with Crippen molar-refractivity contribution in [1.29, 1.82) is 0 Å². The van der Waals surface area contributed by atoms with Crippen LogP contribution in [0.3, 0.4) is 0 Å². The highest BCUT2D eigenvalue weighted by Gasteiger charge is 1.91. The Bertz CT molecular complexity index is 125. The van der Waals surface area contributed by atoms with Crippen molar-refractivity contribution in [3.8, 4) is 0 Å². The van der Waals surface area contributed by atoms with Crippen molar-refractivity contribution >= 4 is 11.8 Å². The fraction of sp³-hybridized carbons (Fsp3) is 0.714. The zero-order chi connectivity index (χ0) is 7.66. The maximum absolute atomic E-state index is 6.49. The van der Waals surface area contributed by atoms with E-state index in [1.165, 1.54) is 0 Å². The summed E-state index contributed by atoms with van der Waals surface area (Å²) in [6.07, 6.45) is 0.964. The van der Waals surface area contributed by atoms with E-state index in [-0.39, 0.29) is 0 Å². The van der Waals surface area contributed by atoms with Crippen LogP contribution in [-0.2, 0) is 0 Å². The van der Waals surface area contributed by atoms with Crippen molar-refractivity contribution in [1.82, 2.24) is 0 Å². The lowest BCUT2D eigenvalue weighted by atomic mass is 10.5. The van der Waals surface area contributed by atoms with E-state index in [0.717, 1.165) is 17.9 Å². The third kappa shape index (κ3) is 7.33. The van der Waals surface area contributed by atoms with Crippen LogP contribution in [0.4, 0.5) is 0 Å². The van der Waals surface area contributed by atoms with E-state index in [1.807, 2.05) is 0 Å². The summed E-state index contributed by atoms with van der Waals surface area (Å²) in [6.45, 7) is 14.2. The lowest BCUT2D eigenvalue weighted by molar-refractivity contribution is 1.05. The van der Waals surface area contributed by atoms with Gasteiger partial charge in [0.1, 0.15) is 0 Å². The summed E-state index contributed by atoms with van der Waals surface area (Å²) >= 11 is 1.76. The molecule has 0 fully saturated rings. The van der Waals surface area contributed by atoms with Crippen LogP contribution < -0.4 is 0 Å². The topological polar surface area (TPSA) is 8.72 Å². The van der Waals surface area contributed by atoms with E-state index in [1.54, 1.807) is 11.8 Å². The van der Waals surface area contributed by atoms with Gasteiger partial charge in [-0.1, -0.05) is 0 Å². The summed E-state index contributed by atoms with van der Waals surface area (Å²) in [5, 5.41) is 0. The first-order valence-electron chi connectivity index (χ1n) is 3.16. The van der Waals surface area contributed by atoms with Crippen LogP contribution in [-0.4, -0.2) is 24.6 Å². The molecule has 0 saturated heterocycles. The van der Waals surface area contributed by atoms with Gasteiger partial charge in [-0.3, -0.25) is 0 Å². The lowest BCUT2D eigenvalue weighted by Gasteiger charge is -1.90. The Balaban J connectivity index is 2.80. The van der Waals surface area contributed by atoms with Crippen molar-refractivity contribution in [3.05, 3.63) is 22.8 Å². The van der Waals surface area contributed by atoms with Crippen LogP contribution in [0.25, 0.3) is 9.69 Å². The van der Waals surface area contributed by atoms with Gasteiger partial charge in [-0.15, -0.1) is 0 Å². The largest absolute Gasteiger partial charge is 0.317 e. The molecule has 0 aliphatic carbocycles. The average Bonchev–Trinajstić information content (AvgIpc) is 1.97. The molecule has 0 unspecified atom stereocenters. The Morgan fingerprint density at radius 3 is 2.30 bits per heavy atom. The molecular formula is C7H10N2S. The van der Waals surface area contributed by atoms with Crippen molar-refractivity contribution in [2.45, 2.75) is 6.42 Å². The van der Waals surface area contributed by atoms with Crippen LogP contribution in [0.5, 0.6) is 0 Å². The quantitative estimate of drug-likeness (QED) is 0.434. The molecule has 0 spiro atoms. The van der Waals surface area contributed by atoms with E-state index in [0.29, 0.717) is 13.1 Å². The van der Waals surface area contributed by atoms with E-state index >= 15 is 0 Å². The first-order chi connectivity index (χ1) is 4.91. The van der Waals surface area contributed by atoms with Crippen molar-refractivity contribution in [2.24, 2.45) is 0 Å². The first kappa shape index (κ1) is 9.33. The third-order valence-corrected chi connectivity index (χ3v) is 1.95. The number of hydrogen-bond donors (Lipinski definition) is 0. The van der Waals surface area contributed by atoms with Crippen LogP contribution in [0, 0.1) is 13.1 Å². The predicted octanol–water partition coefficient (Wildman–Crippen LogP) is 1.95. The molecule has 0 aromatic carbocycles. The van der Waals surface area contributed by atoms with Crippen molar-refractivity contribution in [3.63, 3.8) is 0 Å². The summed E-state index contributed by atoms with van der Waals surface area (Å²) in [6, 6.07) is 0. The molecule has 0 heterocycles. The van der Waals surface area contributed by atoms with Crippen LogP contribution in [0.2, 0.25) is 0 Å². The molecule has 0 aromatic heterocycles. The number of nitrogens with zero attached hydrogens (tertiary/aromatic N) is 2. The normalized spacial score (nSPS) is 8.20. The smallest absolute Gasteiger partial charge is 0.223 e. The van der Waals surface area contributed by atoms with Gasteiger partial charge < -0.3 is 9.69 Å². The van der Waals surface area contributed by atoms with Gasteiger partial charge in [0.2, 0.25) is 13.1 Å². The van der Waals surface area contributed by atoms with Gasteiger partial charge in [0, 0.05) is 12.2 Å². The molecule has 0 N–H and O–H groups in total. The van der Waals surface area contributed by atoms with Crippen LogP contribution >= 0.6 is 11.8 Å². The molecule has 0 atom stereocenters. The lowest BCUT2D eigenvalue weighted by Crippen LogP contribution is -1.87. The molecular weight excluding hydrogens is 144 g/mol. The Morgan fingerprint density at radius 2 is 1.70 bits per heavy atom. The molecule has 2 nitrogen and oxygen atoms in total. The van der Waals surface area contributed by atoms with E-state index in [9.17, 15) is 0 Å². The van der Waals surface area contributed by atoms with Gasteiger partial charge >= 0.3 is 0 Å². The highest BCUT2D eigenvalue weighted by molar-refractivity contribution is 7.99.